The van der Waals surface area contributed by atoms with Gasteiger partial charge in [0.1, 0.15) is 40.9 Å². The summed E-state index contributed by atoms with van der Waals surface area (Å²) in [4.78, 5) is 8.14. The Bertz CT molecular complexity index is 829. The molecule has 0 atom stereocenters. The van der Waals surface area contributed by atoms with E-state index in [1.165, 1.54) is 30.1 Å². The van der Waals surface area contributed by atoms with Gasteiger partial charge in [0, 0.05) is 5.56 Å². The van der Waals surface area contributed by atoms with E-state index < -0.39 is 13.0 Å². The predicted molar refractivity (Wildman–Crippen MR) is 95.9 cm³/mol. The molecule has 0 radical (unpaired) electrons. The standard InChI is InChI=1S/C15H11F2N5OS.C2H6/c1-24-15-10(5-19)13(9(4-18)14(20)22-15)11-3-2-8(6-21-11)23-7-12(16)17;1-2/h2-3,6,12H,7H2,1H3,(H2,20,22);1-2H3. The van der Waals surface area contributed by atoms with Crippen LogP contribution in [0.25, 0.3) is 11.3 Å². The SMILES string of the molecule is CC.CSc1nc(N)c(C#N)c(-c2ccc(OCC(F)F)cn2)c1C#N. The molecule has 0 saturated heterocycles. The van der Waals surface area contributed by atoms with Gasteiger partial charge in [-0.15, -0.1) is 11.8 Å². The molecule has 0 aliphatic carbocycles. The molecule has 0 aliphatic heterocycles. The number of hydrogen-bond donors (Lipinski definition) is 1. The van der Waals surface area contributed by atoms with Crippen LogP contribution in [0, 0.1) is 22.7 Å². The summed E-state index contributed by atoms with van der Waals surface area (Å²) >= 11 is 1.22. The van der Waals surface area contributed by atoms with Crippen LogP contribution in [0.4, 0.5) is 14.6 Å². The monoisotopic (exact) mass is 377 g/mol. The molecule has 0 aromatic carbocycles. The molecule has 0 aliphatic rings. The minimum absolute atomic E-state index is 0.00400. The van der Waals surface area contributed by atoms with Crippen molar-refractivity contribution in [3.05, 3.63) is 29.5 Å². The van der Waals surface area contributed by atoms with Crippen molar-refractivity contribution in [2.45, 2.75) is 25.3 Å². The molecular formula is C17H17F2N5OS. The van der Waals surface area contributed by atoms with Gasteiger partial charge in [-0.25, -0.2) is 13.8 Å². The maximum atomic E-state index is 12.1. The van der Waals surface area contributed by atoms with Gasteiger partial charge in [0.15, 0.2) is 0 Å². The Labute approximate surface area is 154 Å². The third-order valence-electron chi connectivity index (χ3n) is 2.98. The van der Waals surface area contributed by atoms with E-state index in [0.29, 0.717) is 10.7 Å². The number of halogens is 2. The second-order valence-electron chi connectivity index (χ2n) is 4.44. The zero-order chi connectivity index (χ0) is 19.7. The number of nitrogens with two attached hydrogens (primary N) is 1. The number of alkyl halides is 2. The van der Waals surface area contributed by atoms with Crippen LogP contribution in [0.2, 0.25) is 0 Å². The Morgan fingerprint density at radius 1 is 1.23 bits per heavy atom. The zero-order valence-electron chi connectivity index (χ0n) is 14.5. The summed E-state index contributed by atoms with van der Waals surface area (Å²) < 4.78 is 29.2. The van der Waals surface area contributed by atoms with Gasteiger partial charge in [-0.2, -0.15) is 10.5 Å². The van der Waals surface area contributed by atoms with Gasteiger partial charge in [0.25, 0.3) is 6.43 Å². The number of ether oxygens (including phenoxy) is 1. The second-order valence-corrected chi connectivity index (χ2v) is 5.23. The minimum atomic E-state index is -2.59. The smallest absolute Gasteiger partial charge is 0.272 e. The maximum absolute atomic E-state index is 12.1. The summed E-state index contributed by atoms with van der Waals surface area (Å²) in [7, 11) is 0. The highest BCUT2D eigenvalue weighted by Crippen LogP contribution is 2.34. The molecule has 2 N–H and O–H groups in total. The van der Waals surface area contributed by atoms with Gasteiger partial charge >= 0.3 is 0 Å². The fourth-order valence-electron chi connectivity index (χ4n) is 1.97. The molecule has 0 fully saturated rings. The van der Waals surface area contributed by atoms with Gasteiger partial charge in [-0.3, -0.25) is 4.98 Å². The third kappa shape index (κ3) is 4.80. The molecule has 9 heteroatoms. The molecule has 0 unspecified atom stereocenters. The lowest BCUT2D eigenvalue weighted by molar-refractivity contribution is 0.0817. The molecule has 2 heterocycles. The van der Waals surface area contributed by atoms with Gasteiger partial charge in [0.05, 0.1) is 17.5 Å². The first-order chi connectivity index (χ1) is 12.5. The minimum Gasteiger partial charge on any atom is -0.486 e. The van der Waals surface area contributed by atoms with E-state index in [1.54, 1.807) is 6.26 Å². The first-order valence-corrected chi connectivity index (χ1v) is 8.79. The Morgan fingerprint density at radius 2 is 1.88 bits per heavy atom. The van der Waals surface area contributed by atoms with Gasteiger partial charge in [-0.1, -0.05) is 13.8 Å². The van der Waals surface area contributed by atoms with Crippen LogP contribution in [-0.2, 0) is 0 Å². The maximum Gasteiger partial charge on any atom is 0.272 e. The molecule has 136 valence electrons. The number of anilines is 1. The Kier molecular flexibility index (Phi) is 8.26. The largest absolute Gasteiger partial charge is 0.486 e. The number of nitrogen functional groups attached to an aromatic ring is 1. The Morgan fingerprint density at radius 3 is 2.35 bits per heavy atom. The average Bonchev–Trinajstić information content (AvgIpc) is 2.67. The summed E-state index contributed by atoms with van der Waals surface area (Å²) in [5.41, 5.74) is 6.57. The number of hydrogen-bond acceptors (Lipinski definition) is 7. The summed E-state index contributed by atoms with van der Waals surface area (Å²) in [6, 6.07) is 6.84. The molecule has 2 aromatic heterocycles. The first kappa shape index (κ1) is 21.1. The van der Waals surface area contributed by atoms with Crippen LogP contribution in [0.1, 0.15) is 25.0 Å². The van der Waals surface area contributed by atoms with Crippen molar-refractivity contribution in [1.29, 1.82) is 10.5 Å². The van der Waals surface area contributed by atoms with Crippen LogP contribution < -0.4 is 10.5 Å². The topological polar surface area (TPSA) is 109 Å². The second kappa shape index (κ2) is 10.2. The third-order valence-corrected chi connectivity index (χ3v) is 3.66. The van der Waals surface area contributed by atoms with Crippen molar-refractivity contribution in [3.8, 4) is 29.1 Å². The van der Waals surface area contributed by atoms with Crippen molar-refractivity contribution < 1.29 is 13.5 Å². The van der Waals surface area contributed by atoms with E-state index in [4.69, 9.17) is 10.5 Å². The molecule has 0 bridgehead atoms. The molecule has 0 saturated carbocycles. The molecule has 6 nitrogen and oxygen atoms in total. The predicted octanol–water partition coefficient (Wildman–Crippen LogP) is 3.86. The lowest BCUT2D eigenvalue weighted by Gasteiger charge is -2.12. The lowest BCUT2D eigenvalue weighted by atomic mass is 10.0. The highest BCUT2D eigenvalue weighted by Gasteiger charge is 2.20. The summed E-state index contributed by atoms with van der Waals surface area (Å²) in [5, 5.41) is 19.1. The fourth-order valence-corrected chi connectivity index (χ4v) is 2.52. The van der Waals surface area contributed by atoms with Gasteiger partial charge < -0.3 is 10.5 Å². The van der Waals surface area contributed by atoms with Gasteiger partial charge in [-0.05, 0) is 18.4 Å². The number of nitriles is 2. The van der Waals surface area contributed by atoms with Crippen LogP contribution in [0.3, 0.4) is 0 Å². The molecule has 2 rings (SSSR count). The number of aromatic nitrogens is 2. The molecule has 26 heavy (non-hydrogen) atoms. The normalized spacial score (nSPS) is 9.69. The van der Waals surface area contributed by atoms with Crippen molar-refractivity contribution in [3.63, 3.8) is 0 Å². The highest BCUT2D eigenvalue weighted by atomic mass is 32.2. The number of thioether (sulfide) groups is 1. The zero-order valence-corrected chi connectivity index (χ0v) is 15.3. The molecular weight excluding hydrogens is 360 g/mol. The van der Waals surface area contributed by atoms with E-state index in [-0.39, 0.29) is 28.3 Å². The van der Waals surface area contributed by atoms with Crippen molar-refractivity contribution in [2.24, 2.45) is 0 Å². The van der Waals surface area contributed by atoms with E-state index in [2.05, 4.69) is 9.97 Å². The van der Waals surface area contributed by atoms with Crippen molar-refractivity contribution in [1.82, 2.24) is 9.97 Å². The van der Waals surface area contributed by atoms with Crippen molar-refractivity contribution >= 4 is 17.6 Å². The average molecular weight is 377 g/mol. The number of nitrogens with zero attached hydrogens (tertiary/aromatic N) is 4. The van der Waals surface area contributed by atoms with Gasteiger partial charge in [0.2, 0.25) is 0 Å². The summed E-state index contributed by atoms with van der Waals surface area (Å²) in [6.45, 7) is 3.26. The number of rotatable bonds is 5. The molecule has 2 aromatic rings. The Balaban J connectivity index is 0.00000163. The van der Waals surface area contributed by atoms with E-state index >= 15 is 0 Å². The molecule has 0 amide bonds. The Hall–Kier alpha value is -2.91. The quantitative estimate of drug-likeness (QED) is 0.788. The first-order valence-electron chi connectivity index (χ1n) is 7.56. The van der Waals surface area contributed by atoms with Crippen LogP contribution in [0.5, 0.6) is 5.75 Å². The van der Waals surface area contributed by atoms with E-state index in [1.807, 2.05) is 26.0 Å². The van der Waals surface area contributed by atoms with Crippen LogP contribution in [0.15, 0.2) is 23.4 Å². The molecule has 0 spiro atoms. The summed E-state index contributed by atoms with van der Waals surface area (Å²) in [5.74, 6) is 0.152. The van der Waals surface area contributed by atoms with Crippen molar-refractivity contribution in [2.75, 3.05) is 18.6 Å². The highest BCUT2D eigenvalue weighted by molar-refractivity contribution is 7.98. The summed E-state index contributed by atoms with van der Waals surface area (Å²) in [6.07, 6.45) is 0.381. The lowest BCUT2D eigenvalue weighted by Crippen LogP contribution is -2.07. The van der Waals surface area contributed by atoms with Crippen LogP contribution >= 0.6 is 11.8 Å². The van der Waals surface area contributed by atoms with E-state index in [0.717, 1.165) is 0 Å². The fraction of sp³-hybridized carbons (Fsp3) is 0.294. The van der Waals surface area contributed by atoms with E-state index in [9.17, 15) is 19.3 Å². The van der Waals surface area contributed by atoms with Crippen LogP contribution in [-0.4, -0.2) is 29.3 Å². The number of pyridine rings is 2.